The zero-order valence-electron chi connectivity index (χ0n) is 18.3. The van der Waals surface area contributed by atoms with E-state index in [1.54, 1.807) is 43.3 Å². The molecule has 33 heavy (non-hydrogen) atoms. The molecule has 3 rings (SSSR count). The van der Waals surface area contributed by atoms with Crippen LogP contribution in [0.5, 0.6) is 17.2 Å². The summed E-state index contributed by atoms with van der Waals surface area (Å²) < 4.78 is 26.5. The van der Waals surface area contributed by atoms with E-state index in [0.717, 1.165) is 5.39 Å². The lowest BCUT2D eigenvalue weighted by atomic mass is 10.2. The second-order valence-corrected chi connectivity index (χ2v) is 6.98. The van der Waals surface area contributed by atoms with Gasteiger partial charge in [-0.1, -0.05) is 11.6 Å². The van der Waals surface area contributed by atoms with E-state index in [0.29, 0.717) is 29.3 Å². The Bertz CT molecular complexity index is 1170. The van der Waals surface area contributed by atoms with Crippen LogP contribution in [0.3, 0.4) is 0 Å². The van der Waals surface area contributed by atoms with Gasteiger partial charge in [0.05, 0.1) is 31.6 Å². The Morgan fingerprint density at radius 1 is 1.12 bits per heavy atom. The first-order valence-electron chi connectivity index (χ1n) is 10.1. The first-order valence-corrected chi connectivity index (χ1v) is 10.5. The van der Waals surface area contributed by atoms with Crippen LogP contribution in [0.1, 0.15) is 30.0 Å². The number of furan rings is 1. The van der Waals surface area contributed by atoms with E-state index in [2.05, 4.69) is 10.5 Å². The highest BCUT2D eigenvalue weighted by Gasteiger charge is 2.15. The number of methoxy groups -OCH3 is 1. The van der Waals surface area contributed by atoms with Gasteiger partial charge in [-0.3, -0.25) is 4.79 Å². The zero-order valence-corrected chi connectivity index (χ0v) is 19.1. The number of fused-ring (bicyclic) bond motifs is 1. The Morgan fingerprint density at radius 3 is 2.67 bits per heavy atom. The van der Waals surface area contributed by atoms with Crippen molar-refractivity contribution in [2.24, 2.45) is 5.10 Å². The van der Waals surface area contributed by atoms with Crippen molar-refractivity contribution in [3.05, 3.63) is 52.7 Å². The molecule has 0 spiro atoms. The minimum absolute atomic E-state index is 0.106. The van der Waals surface area contributed by atoms with Crippen molar-refractivity contribution >= 4 is 40.7 Å². The molecule has 9 nitrogen and oxygen atoms in total. The molecular weight excluding hydrogens is 452 g/mol. The maximum atomic E-state index is 12.4. The largest absolute Gasteiger partial charge is 0.494 e. The van der Waals surface area contributed by atoms with Crippen molar-refractivity contribution < 1.29 is 33.0 Å². The van der Waals surface area contributed by atoms with Gasteiger partial charge in [-0.05, 0) is 55.8 Å². The van der Waals surface area contributed by atoms with Gasteiger partial charge >= 0.3 is 11.9 Å². The Morgan fingerprint density at radius 2 is 1.94 bits per heavy atom. The van der Waals surface area contributed by atoms with Crippen molar-refractivity contribution in [1.82, 2.24) is 5.43 Å². The van der Waals surface area contributed by atoms with Crippen LogP contribution < -0.4 is 19.6 Å². The van der Waals surface area contributed by atoms with Gasteiger partial charge in [0.2, 0.25) is 0 Å². The van der Waals surface area contributed by atoms with Crippen molar-refractivity contribution in [3.63, 3.8) is 0 Å². The predicted octanol–water partition coefficient (Wildman–Crippen LogP) is 4.20. The van der Waals surface area contributed by atoms with Crippen LogP contribution in [0.4, 0.5) is 0 Å². The summed E-state index contributed by atoms with van der Waals surface area (Å²) in [4.78, 5) is 23.9. The number of halogens is 1. The molecule has 0 radical (unpaired) electrons. The van der Waals surface area contributed by atoms with E-state index >= 15 is 0 Å². The third-order valence-electron chi connectivity index (χ3n) is 4.29. The molecule has 0 aliphatic rings. The molecule has 0 bridgehead atoms. The number of amides is 1. The first kappa shape index (κ1) is 23.9. The van der Waals surface area contributed by atoms with E-state index in [1.807, 2.05) is 6.92 Å². The number of carbonyl (C=O) groups is 2. The number of nitrogens with zero attached hydrogens (tertiary/aromatic N) is 1. The number of hydrogen-bond donors (Lipinski definition) is 1. The molecule has 1 amide bonds. The Labute approximate surface area is 195 Å². The van der Waals surface area contributed by atoms with E-state index in [-0.39, 0.29) is 29.7 Å². The average Bonchev–Trinajstić information content (AvgIpc) is 3.22. The molecule has 0 saturated carbocycles. The number of nitrogens with one attached hydrogen (secondary N) is 1. The zero-order chi connectivity index (χ0) is 23.8. The quantitative estimate of drug-likeness (QED) is 0.266. The second-order valence-electron chi connectivity index (χ2n) is 6.57. The molecular formula is C23H23ClN2O7. The minimum Gasteiger partial charge on any atom is -0.494 e. The van der Waals surface area contributed by atoms with Crippen molar-refractivity contribution in [2.75, 3.05) is 26.9 Å². The van der Waals surface area contributed by atoms with Crippen LogP contribution in [0.15, 0.2) is 45.9 Å². The SMILES string of the molecule is CCOC(=O)COc1c(Cl)cc(/C=N/NC(=O)c2cc3cc(OCC)ccc3o2)cc1OC. The molecule has 1 heterocycles. The monoisotopic (exact) mass is 474 g/mol. The van der Waals surface area contributed by atoms with Gasteiger partial charge < -0.3 is 23.4 Å². The van der Waals surface area contributed by atoms with Gasteiger partial charge in [-0.2, -0.15) is 5.10 Å². The Hall–Kier alpha value is -3.72. The van der Waals surface area contributed by atoms with Crippen LogP contribution in [-0.4, -0.2) is 45.0 Å². The lowest BCUT2D eigenvalue weighted by molar-refractivity contribution is -0.145. The summed E-state index contributed by atoms with van der Waals surface area (Å²) in [6, 6.07) is 10.1. The molecule has 0 atom stereocenters. The summed E-state index contributed by atoms with van der Waals surface area (Å²) in [6.07, 6.45) is 1.39. The molecule has 0 aliphatic carbocycles. The topological polar surface area (TPSA) is 109 Å². The number of ether oxygens (including phenoxy) is 4. The van der Waals surface area contributed by atoms with Gasteiger partial charge in [-0.15, -0.1) is 0 Å². The fraction of sp³-hybridized carbons (Fsp3) is 0.261. The summed E-state index contributed by atoms with van der Waals surface area (Å²) in [6.45, 7) is 4.07. The van der Waals surface area contributed by atoms with E-state index < -0.39 is 11.9 Å². The molecule has 0 unspecified atom stereocenters. The lowest BCUT2D eigenvalue weighted by Gasteiger charge is -2.12. The number of hydrazone groups is 1. The highest BCUT2D eigenvalue weighted by Crippen LogP contribution is 2.36. The maximum Gasteiger partial charge on any atom is 0.344 e. The van der Waals surface area contributed by atoms with Crippen LogP contribution in [0.2, 0.25) is 5.02 Å². The number of rotatable bonds is 10. The van der Waals surface area contributed by atoms with Gasteiger partial charge in [0.25, 0.3) is 0 Å². The number of hydrogen-bond acceptors (Lipinski definition) is 8. The van der Waals surface area contributed by atoms with Gasteiger partial charge in [0.15, 0.2) is 23.9 Å². The summed E-state index contributed by atoms with van der Waals surface area (Å²) in [5, 5.41) is 4.88. The molecule has 10 heteroatoms. The van der Waals surface area contributed by atoms with Crippen LogP contribution in [0, 0.1) is 0 Å². The third kappa shape index (κ3) is 6.17. The van der Waals surface area contributed by atoms with Gasteiger partial charge in [0, 0.05) is 5.39 Å². The van der Waals surface area contributed by atoms with E-state index in [9.17, 15) is 9.59 Å². The molecule has 174 valence electrons. The van der Waals surface area contributed by atoms with Crippen molar-refractivity contribution in [2.45, 2.75) is 13.8 Å². The normalized spacial score (nSPS) is 10.9. The van der Waals surface area contributed by atoms with Crippen LogP contribution in [0.25, 0.3) is 11.0 Å². The highest BCUT2D eigenvalue weighted by atomic mass is 35.5. The Kier molecular flexibility index (Phi) is 8.15. The lowest BCUT2D eigenvalue weighted by Crippen LogP contribution is -2.16. The Balaban J connectivity index is 1.67. The maximum absolute atomic E-state index is 12.4. The molecule has 1 aromatic heterocycles. The summed E-state index contributed by atoms with van der Waals surface area (Å²) in [5.74, 6) is 0.242. The fourth-order valence-electron chi connectivity index (χ4n) is 2.90. The second kappa shape index (κ2) is 11.2. The van der Waals surface area contributed by atoms with Gasteiger partial charge in [0.1, 0.15) is 11.3 Å². The first-order chi connectivity index (χ1) is 15.9. The fourth-order valence-corrected chi connectivity index (χ4v) is 3.17. The standard InChI is InChI=1S/C23H23ClN2O7/c1-4-30-16-6-7-18-15(10-16)11-20(33-18)23(28)26-25-12-14-8-17(24)22(19(9-14)29-3)32-13-21(27)31-5-2/h6-12H,4-5,13H2,1-3H3,(H,26,28)/b25-12+. The molecule has 0 aliphatic heterocycles. The van der Waals surface area contributed by atoms with Crippen LogP contribution in [-0.2, 0) is 9.53 Å². The summed E-state index contributed by atoms with van der Waals surface area (Å²) in [5.41, 5.74) is 3.49. The number of esters is 1. The molecule has 3 aromatic rings. The predicted molar refractivity (Wildman–Crippen MR) is 123 cm³/mol. The minimum atomic E-state index is -0.524. The van der Waals surface area contributed by atoms with E-state index in [1.165, 1.54) is 13.3 Å². The number of benzene rings is 2. The van der Waals surface area contributed by atoms with E-state index in [4.69, 9.17) is 35.0 Å². The molecule has 0 fully saturated rings. The number of carbonyl (C=O) groups excluding carboxylic acids is 2. The highest BCUT2D eigenvalue weighted by molar-refractivity contribution is 6.32. The summed E-state index contributed by atoms with van der Waals surface area (Å²) in [7, 11) is 1.43. The van der Waals surface area contributed by atoms with Gasteiger partial charge in [-0.25, -0.2) is 10.2 Å². The molecule has 2 aromatic carbocycles. The van der Waals surface area contributed by atoms with Crippen molar-refractivity contribution in [1.29, 1.82) is 0 Å². The van der Waals surface area contributed by atoms with Crippen LogP contribution >= 0.6 is 11.6 Å². The summed E-state index contributed by atoms with van der Waals surface area (Å²) >= 11 is 6.26. The molecule has 1 N–H and O–H groups in total. The van der Waals surface area contributed by atoms with Crippen molar-refractivity contribution in [3.8, 4) is 17.2 Å². The smallest absolute Gasteiger partial charge is 0.344 e. The molecule has 0 saturated heterocycles. The third-order valence-corrected chi connectivity index (χ3v) is 4.57. The average molecular weight is 475 g/mol.